The molecular weight excluding hydrogens is 335 g/mol. The molecule has 0 aliphatic rings. The standard InChI is InChI=1S/C19H19FN4O2/c20-14-6-8-15(9-7-14)24-23-12-13-11-22-16-3-1-4-17(19(13)16)26-18(25)5-2-10-21/h1,3-4,6-9,11-12,22,24H,2,5,10,21H2/b23-12+. The van der Waals surface area contributed by atoms with Crippen LogP contribution >= 0.6 is 0 Å². The Morgan fingerprint density at radius 3 is 2.85 bits per heavy atom. The minimum absolute atomic E-state index is 0.271. The maximum Gasteiger partial charge on any atom is 0.311 e. The second-order valence-electron chi connectivity index (χ2n) is 5.67. The van der Waals surface area contributed by atoms with E-state index in [0.717, 1.165) is 16.5 Å². The molecule has 0 amide bonds. The van der Waals surface area contributed by atoms with Crippen LogP contribution < -0.4 is 15.9 Å². The quantitative estimate of drug-likeness (QED) is 0.262. The molecule has 0 aliphatic carbocycles. The van der Waals surface area contributed by atoms with E-state index < -0.39 is 0 Å². The Bertz CT molecular complexity index is 919. The average molecular weight is 354 g/mol. The number of halogens is 1. The van der Waals surface area contributed by atoms with Crippen molar-refractivity contribution >= 4 is 28.8 Å². The molecule has 0 spiro atoms. The molecule has 0 fully saturated rings. The molecule has 0 radical (unpaired) electrons. The Hall–Kier alpha value is -3.19. The number of nitrogens with two attached hydrogens (primary N) is 1. The van der Waals surface area contributed by atoms with Crippen LogP contribution in [-0.4, -0.2) is 23.7 Å². The molecule has 26 heavy (non-hydrogen) atoms. The summed E-state index contributed by atoms with van der Waals surface area (Å²) >= 11 is 0. The highest BCUT2D eigenvalue weighted by molar-refractivity contribution is 6.03. The van der Waals surface area contributed by atoms with Gasteiger partial charge < -0.3 is 15.5 Å². The first-order valence-electron chi connectivity index (χ1n) is 8.23. The summed E-state index contributed by atoms with van der Waals surface area (Å²) in [7, 11) is 0. The number of hydrogen-bond acceptors (Lipinski definition) is 5. The monoisotopic (exact) mass is 354 g/mol. The Labute approximate surface area is 149 Å². The lowest BCUT2D eigenvalue weighted by atomic mass is 10.1. The zero-order valence-electron chi connectivity index (χ0n) is 14.0. The van der Waals surface area contributed by atoms with E-state index in [1.165, 1.54) is 12.1 Å². The number of benzene rings is 2. The van der Waals surface area contributed by atoms with E-state index in [9.17, 15) is 9.18 Å². The summed E-state index contributed by atoms with van der Waals surface area (Å²) in [6, 6.07) is 11.3. The molecule has 6 nitrogen and oxygen atoms in total. The molecule has 0 unspecified atom stereocenters. The summed E-state index contributed by atoms with van der Waals surface area (Å²) in [5, 5.41) is 4.92. The molecule has 0 atom stereocenters. The number of hydrogen-bond donors (Lipinski definition) is 3. The molecule has 0 saturated carbocycles. The van der Waals surface area contributed by atoms with Crippen LogP contribution in [0, 0.1) is 5.82 Å². The minimum atomic E-state index is -0.323. The third-order valence-electron chi connectivity index (χ3n) is 3.75. The average Bonchev–Trinajstić information content (AvgIpc) is 3.06. The summed E-state index contributed by atoms with van der Waals surface area (Å²) in [5.74, 6) is -0.164. The number of ether oxygens (including phenoxy) is 1. The molecule has 1 heterocycles. The van der Waals surface area contributed by atoms with Crippen LogP contribution in [0.4, 0.5) is 10.1 Å². The molecule has 3 aromatic rings. The highest BCUT2D eigenvalue weighted by Crippen LogP contribution is 2.28. The van der Waals surface area contributed by atoms with Crippen LogP contribution in [0.1, 0.15) is 18.4 Å². The number of H-pyrrole nitrogens is 1. The van der Waals surface area contributed by atoms with E-state index in [1.54, 1.807) is 30.6 Å². The molecule has 1 aromatic heterocycles. The van der Waals surface area contributed by atoms with Crippen LogP contribution in [0.25, 0.3) is 10.9 Å². The number of aromatic amines is 1. The third kappa shape index (κ3) is 4.25. The fraction of sp³-hybridized carbons (Fsp3) is 0.158. The SMILES string of the molecule is NCCCC(=O)Oc1cccc2[nH]cc(/C=N/Nc3ccc(F)cc3)c12. The van der Waals surface area contributed by atoms with Gasteiger partial charge in [-0.25, -0.2) is 4.39 Å². The van der Waals surface area contributed by atoms with Gasteiger partial charge in [-0.1, -0.05) is 6.07 Å². The summed E-state index contributed by atoms with van der Waals surface area (Å²) in [6.07, 6.45) is 4.24. The van der Waals surface area contributed by atoms with Crippen molar-refractivity contribution in [3.05, 3.63) is 60.0 Å². The third-order valence-corrected chi connectivity index (χ3v) is 3.75. The van der Waals surface area contributed by atoms with Gasteiger partial charge in [0.15, 0.2) is 0 Å². The largest absolute Gasteiger partial charge is 0.426 e. The molecule has 0 aliphatic heterocycles. The number of carbonyl (C=O) groups is 1. The number of nitrogens with one attached hydrogen (secondary N) is 2. The number of aromatic nitrogens is 1. The summed E-state index contributed by atoms with van der Waals surface area (Å²) in [6.45, 7) is 0.441. The van der Waals surface area contributed by atoms with Gasteiger partial charge in [0.2, 0.25) is 0 Å². The Morgan fingerprint density at radius 1 is 1.27 bits per heavy atom. The maximum absolute atomic E-state index is 12.9. The Balaban J connectivity index is 1.79. The highest BCUT2D eigenvalue weighted by Gasteiger charge is 2.12. The predicted octanol–water partition coefficient (Wildman–Crippen LogP) is 3.40. The maximum atomic E-state index is 12.9. The minimum Gasteiger partial charge on any atom is -0.426 e. The van der Waals surface area contributed by atoms with Crippen molar-refractivity contribution in [3.8, 4) is 5.75 Å². The second kappa shape index (κ2) is 8.26. The van der Waals surface area contributed by atoms with Crippen molar-refractivity contribution < 1.29 is 13.9 Å². The summed E-state index contributed by atoms with van der Waals surface area (Å²) in [4.78, 5) is 15.0. The first kappa shape index (κ1) is 17.6. The van der Waals surface area contributed by atoms with Crippen LogP contribution in [0.15, 0.2) is 53.8 Å². The van der Waals surface area contributed by atoms with Gasteiger partial charge in [0.1, 0.15) is 11.6 Å². The lowest BCUT2D eigenvalue weighted by Crippen LogP contribution is -2.10. The number of hydrazone groups is 1. The van der Waals surface area contributed by atoms with Crippen LogP contribution in [-0.2, 0) is 4.79 Å². The first-order chi connectivity index (χ1) is 12.7. The number of carbonyl (C=O) groups excluding carboxylic acids is 1. The molecule has 2 aromatic carbocycles. The fourth-order valence-corrected chi connectivity index (χ4v) is 2.48. The molecule has 0 saturated heterocycles. The first-order valence-corrected chi connectivity index (χ1v) is 8.23. The molecule has 0 bridgehead atoms. The van der Waals surface area contributed by atoms with E-state index in [4.69, 9.17) is 10.5 Å². The molecule has 4 N–H and O–H groups in total. The molecule has 7 heteroatoms. The Morgan fingerprint density at radius 2 is 2.08 bits per heavy atom. The Kier molecular flexibility index (Phi) is 5.60. The van der Waals surface area contributed by atoms with Crippen molar-refractivity contribution in [1.29, 1.82) is 0 Å². The highest BCUT2D eigenvalue weighted by atomic mass is 19.1. The van der Waals surface area contributed by atoms with Gasteiger partial charge in [-0.3, -0.25) is 10.2 Å². The number of rotatable bonds is 7. The zero-order valence-corrected chi connectivity index (χ0v) is 14.0. The van der Waals surface area contributed by atoms with Crippen LogP contribution in [0.3, 0.4) is 0 Å². The second-order valence-corrected chi connectivity index (χ2v) is 5.67. The molecular formula is C19H19FN4O2. The summed E-state index contributed by atoms with van der Waals surface area (Å²) in [5.41, 5.74) is 10.5. The number of fused-ring (bicyclic) bond motifs is 1. The number of anilines is 1. The van der Waals surface area contributed by atoms with Gasteiger partial charge >= 0.3 is 5.97 Å². The van der Waals surface area contributed by atoms with E-state index >= 15 is 0 Å². The van der Waals surface area contributed by atoms with Gasteiger partial charge in [0.05, 0.1) is 17.3 Å². The van der Waals surface area contributed by atoms with Gasteiger partial charge in [-0.05, 0) is 49.4 Å². The topological polar surface area (TPSA) is 92.5 Å². The fourth-order valence-electron chi connectivity index (χ4n) is 2.48. The van der Waals surface area contributed by atoms with Crippen molar-refractivity contribution in [2.75, 3.05) is 12.0 Å². The van der Waals surface area contributed by atoms with Gasteiger partial charge in [0.25, 0.3) is 0 Å². The van der Waals surface area contributed by atoms with E-state index in [2.05, 4.69) is 15.5 Å². The zero-order chi connectivity index (χ0) is 18.4. The number of nitrogens with zero attached hydrogens (tertiary/aromatic N) is 1. The van der Waals surface area contributed by atoms with E-state index in [1.807, 2.05) is 12.1 Å². The van der Waals surface area contributed by atoms with E-state index in [-0.39, 0.29) is 18.2 Å². The van der Waals surface area contributed by atoms with Crippen molar-refractivity contribution in [2.24, 2.45) is 10.8 Å². The predicted molar refractivity (Wildman–Crippen MR) is 99.8 cm³/mol. The molecule has 134 valence electrons. The number of esters is 1. The van der Waals surface area contributed by atoms with Gasteiger partial charge in [-0.2, -0.15) is 5.10 Å². The molecule has 3 rings (SSSR count). The lowest BCUT2D eigenvalue weighted by molar-refractivity contribution is -0.134. The van der Waals surface area contributed by atoms with Crippen molar-refractivity contribution in [1.82, 2.24) is 4.98 Å². The van der Waals surface area contributed by atoms with Crippen molar-refractivity contribution in [2.45, 2.75) is 12.8 Å². The smallest absolute Gasteiger partial charge is 0.311 e. The van der Waals surface area contributed by atoms with Gasteiger partial charge in [0, 0.05) is 23.7 Å². The lowest BCUT2D eigenvalue weighted by Gasteiger charge is -2.06. The normalized spacial score (nSPS) is 11.2. The van der Waals surface area contributed by atoms with Crippen LogP contribution in [0.2, 0.25) is 0 Å². The summed E-state index contributed by atoms with van der Waals surface area (Å²) < 4.78 is 18.4. The van der Waals surface area contributed by atoms with Crippen molar-refractivity contribution in [3.63, 3.8) is 0 Å². The van der Waals surface area contributed by atoms with Gasteiger partial charge in [-0.15, -0.1) is 0 Å². The van der Waals surface area contributed by atoms with Crippen LogP contribution in [0.5, 0.6) is 5.75 Å². The van der Waals surface area contributed by atoms with E-state index in [0.29, 0.717) is 24.4 Å².